The highest BCUT2D eigenvalue weighted by Gasteiger charge is 2.17. The van der Waals surface area contributed by atoms with Gasteiger partial charge in [0.2, 0.25) is 0 Å². The van der Waals surface area contributed by atoms with Gasteiger partial charge in [-0.15, -0.1) is 0 Å². The first-order valence-corrected chi connectivity index (χ1v) is 4.75. The maximum Gasteiger partial charge on any atom is 0.123 e. The first-order valence-electron chi connectivity index (χ1n) is 4.75. The van der Waals surface area contributed by atoms with Crippen LogP contribution in [0, 0.1) is 0 Å². The van der Waals surface area contributed by atoms with Crippen LogP contribution in [0.5, 0.6) is 11.5 Å². The van der Waals surface area contributed by atoms with Crippen molar-refractivity contribution in [2.24, 2.45) is 5.73 Å². The smallest absolute Gasteiger partial charge is 0.123 e. The lowest BCUT2D eigenvalue weighted by Gasteiger charge is -2.18. The van der Waals surface area contributed by atoms with Gasteiger partial charge >= 0.3 is 0 Å². The van der Waals surface area contributed by atoms with Gasteiger partial charge in [0.1, 0.15) is 11.5 Å². The molecule has 4 heteroatoms. The van der Waals surface area contributed by atoms with Gasteiger partial charge in [0, 0.05) is 5.56 Å². The normalized spacial score (nSPS) is 14.5. The molecule has 0 radical (unpaired) electrons. The van der Waals surface area contributed by atoms with Crippen molar-refractivity contribution in [2.45, 2.75) is 19.1 Å². The van der Waals surface area contributed by atoms with E-state index < -0.39 is 12.1 Å². The molecule has 0 unspecified atom stereocenters. The second-order valence-corrected chi connectivity index (χ2v) is 3.37. The van der Waals surface area contributed by atoms with Crippen LogP contribution in [0.1, 0.15) is 18.5 Å². The number of ether oxygens (including phenoxy) is 2. The van der Waals surface area contributed by atoms with E-state index >= 15 is 0 Å². The van der Waals surface area contributed by atoms with Crippen LogP contribution in [0.25, 0.3) is 0 Å². The zero-order valence-electron chi connectivity index (χ0n) is 9.23. The van der Waals surface area contributed by atoms with E-state index in [0.29, 0.717) is 11.5 Å². The molecule has 0 saturated heterocycles. The van der Waals surface area contributed by atoms with E-state index in [0.717, 1.165) is 5.56 Å². The van der Waals surface area contributed by atoms with E-state index in [9.17, 15) is 5.11 Å². The highest BCUT2D eigenvalue weighted by molar-refractivity contribution is 5.42. The zero-order valence-corrected chi connectivity index (χ0v) is 9.23. The molecule has 84 valence electrons. The minimum absolute atomic E-state index is 0.477. The highest BCUT2D eigenvalue weighted by atomic mass is 16.5. The quantitative estimate of drug-likeness (QED) is 0.782. The van der Waals surface area contributed by atoms with E-state index in [1.165, 1.54) is 0 Å². The van der Waals surface area contributed by atoms with Gasteiger partial charge in [0.05, 0.1) is 26.4 Å². The summed E-state index contributed by atoms with van der Waals surface area (Å²) in [7, 11) is 3.15. The molecule has 0 aromatic heterocycles. The Bertz CT molecular complexity index is 326. The van der Waals surface area contributed by atoms with Gasteiger partial charge in [0.15, 0.2) is 0 Å². The first-order chi connectivity index (χ1) is 7.10. The van der Waals surface area contributed by atoms with Gasteiger partial charge in [-0.25, -0.2) is 0 Å². The van der Waals surface area contributed by atoms with Crippen molar-refractivity contribution >= 4 is 0 Å². The molecule has 0 aliphatic rings. The second-order valence-electron chi connectivity index (χ2n) is 3.37. The first kappa shape index (κ1) is 11.8. The van der Waals surface area contributed by atoms with Crippen LogP contribution in [-0.2, 0) is 0 Å². The molecule has 0 amide bonds. The van der Waals surface area contributed by atoms with Crippen molar-refractivity contribution in [3.05, 3.63) is 23.8 Å². The Morgan fingerprint density at radius 1 is 1.27 bits per heavy atom. The fourth-order valence-corrected chi connectivity index (χ4v) is 1.36. The summed E-state index contributed by atoms with van der Waals surface area (Å²) in [5.41, 5.74) is 6.59. The molecule has 0 bridgehead atoms. The highest BCUT2D eigenvalue weighted by Crippen LogP contribution is 2.29. The van der Waals surface area contributed by atoms with Crippen LogP contribution in [0.2, 0.25) is 0 Å². The predicted molar refractivity (Wildman–Crippen MR) is 58.2 cm³/mol. The number of hydrogen-bond acceptors (Lipinski definition) is 4. The van der Waals surface area contributed by atoms with Gasteiger partial charge in [-0.2, -0.15) is 0 Å². The molecule has 0 aliphatic heterocycles. The van der Waals surface area contributed by atoms with Crippen molar-refractivity contribution in [1.82, 2.24) is 0 Å². The lowest BCUT2D eigenvalue weighted by atomic mass is 10.0. The number of benzene rings is 1. The number of aliphatic hydroxyl groups is 1. The minimum atomic E-state index is -0.633. The van der Waals surface area contributed by atoms with Crippen LogP contribution in [0.3, 0.4) is 0 Å². The van der Waals surface area contributed by atoms with E-state index in [-0.39, 0.29) is 0 Å². The molecular formula is C11H17NO3. The Morgan fingerprint density at radius 2 is 1.93 bits per heavy atom. The Morgan fingerprint density at radius 3 is 2.40 bits per heavy atom. The summed E-state index contributed by atoms with van der Waals surface area (Å²) in [5.74, 6) is 1.35. The van der Waals surface area contributed by atoms with E-state index in [1.54, 1.807) is 39.3 Å². The van der Waals surface area contributed by atoms with E-state index in [1.807, 2.05) is 0 Å². The van der Waals surface area contributed by atoms with Gasteiger partial charge in [-0.1, -0.05) is 0 Å². The third kappa shape index (κ3) is 2.61. The molecule has 0 aliphatic carbocycles. The molecule has 2 atom stereocenters. The number of nitrogens with two attached hydrogens (primary N) is 1. The molecule has 1 rings (SSSR count). The molecule has 0 heterocycles. The summed E-state index contributed by atoms with van der Waals surface area (Å²) in [4.78, 5) is 0. The fraction of sp³-hybridized carbons (Fsp3) is 0.455. The van der Waals surface area contributed by atoms with E-state index in [4.69, 9.17) is 15.2 Å². The second kappa shape index (κ2) is 5.00. The predicted octanol–water partition coefficient (Wildman–Crippen LogP) is 1.08. The summed E-state index contributed by atoms with van der Waals surface area (Å²) in [5, 5.41) is 9.44. The fourth-order valence-electron chi connectivity index (χ4n) is 1.36. The summed E-state index contributed by atoms with van der Waals surface area (Å²) in [6, 6.07) is 4.86. The molecule has 1 aromatic rings. The molecule has 0 fully saturated rings. The molecular weight excluding hydrogens is 194 g/mol. The van der Waals surface area contributed by atoms with Gasteiger partial charge in [-0.3, -0.25) is 0 Å². The molecule has 4 nitrogen and oxygen atoms in total. The topological polar surface area (TPSA) is 64.7 Å². The number of aliphatic hydroxyl groups excluding tert-OH is 1. The van der Waals surface area contributed by atoms with Crippen molar-refractivity contribution in [3.63, 3.8) is 0 Å². The van der Waals surface area contributed by atoms with Crippen LogP contribution in [0.4, 0.5) is 0 Å². The Hall–Kier alpha value is -1.26. The lowest BCUT2D eigenvalue weighted by molar-refractivity contribution is 0.162. The molecule has 0 saturated carbocycles. The van der Waals surface area contributed by atoms with Crippen LogP contribution < -0.4 is 15.2 Å². The third-order valence-corrected chi connectivity index (χ3v) is 2.32. The maximum atomic E-state index is 9.44. The zero-order chi connectivity index (χ0) is 11.4. The van der Waals surface area contributed by atoms with Gasteiger partial charge in [-0.05, 0) is 25.1 Å². The molecule has 0 spiro atoms. The monoisotopic (exact) mass is 211 g/mol. The van der Waals surface area contributed by atoms with Crippen LogP contribution >= 0.6 is 0 Å². The molecule has 15 heavy (non-hydrogen) atoms. The van der Waals surface area contributed by atoms with Crippen molar-refractivity contribution in [2.75, 3.05) is 14.2 Å². The lowest BCUT2D eigenvalue weighted by Crippen LogP contribution is -2.23. The van der Waals surface area contributed by atoms with E-state index in [2.05, 4.69) is 0 Å². The molecule has 1 aromatic carbocycles. The van der Waals surface area contributed by atoms with Crippen LogP contribution in [0.15, 0.2) is 18.2 Å². The van der Waals surface area contributed by atoms with Crippen molar-refractivity contribution in [1.29, 1.82) is 0 Å². The van der Waals surface area contributed by atoms with Gasteiger partial charge < -0.3 is 20.3 Å². The standard InChI is InChI=1S/C11H17NO3/c1-7(13)11(12)9-6-8(14-2)4-5-10(9)15-3/h4-7,11,13H,12H2,1-3H3/t7-,11-/m1/s1. The average Bonchev–Trinajstić information content (AvgIpc) is 2.27. The maximum absolute atomic E-state index is 9.44. The van der Waals surface area contributed by atoms with Crippen LogP contribution in [-0.4, -0.2) is 25.4 Å². The number of methoxy groups -OCH3 is 2. The number of hydrogen-bond donors (Lipinski definition) is 2. The number of rotatable bonds is 4. The Labute approximate surface area is 89.6 Å². The minimum Gasteiger partial charge on any atom is -0.497 e. The summed E-state index contributed by atoms with van der Waals surface area (Å²) >= 11 is 0. The summed E-state index contributed by atoms with van der Waals surface area (Å²) in [6.45, 7) is 1.64. The Kier molecular flexibility index (Phi) is 3.94. The van der Waals surface area contributed by atoms with Crippen molar-refractivity contribution < 1.29 is 14.6 Å². The summed E-state index contributed by atoms with van der Waals surface area (Å²) < 4.78 is 10.3. The summed E-state index contributed by atoms with van der Waals surface area (Å²) in [6.07, 6.45) is -0.633. The van der Waals surface area contributed by atoms with Gasteiger partial charge in [0.25, 0.3) is 0 Å². The largest absolute Gasteiger partial charge is 0.497 e. The average molecular weight is 211 g/mol. The SMILES string of the molecule is COc1ccc(OC)c([C@H](N)[C@@H](C)O)c1. The molecule has 3 N–H and O–H groups in total. The third-order valence-electron chi connectivity index (χ3n) is 2.32. The Balaban J connectivity index is 3.11. The van der Waals surface area contributed by atoms with Crippen molar-refractivity contribution in [3.8, 4) is 11.5 Å².